The van der Waals surface area contributed by atoms with Gasteiger partial charge in [0.05, 0.1) is 4.88 Å². The van der Waals surface area contributed by atoms with Crippen LogP contribution in [0.1, 0.15) is 42.8 Å². The summed E-state index contributed by atoms with van der Waals surface area (Å²) in [6.07, 6.45) is 2.05. The fourth-order valence-electron chi connectivity index (χ4n) is 2.85. The fourth-order valence-corrected chi connectivity index (χ4v) is 3.57. The first kappa shape index (κ1) is 13.4. The van der Waals surface area contributed by atoms with Crippen LogP contribution in [0.3, 0.4) is 0 Å². The van der Waals surface area contributed by atoms with E-state index in [-0.39, 0.29) is 11.9 Å². The summed E-state index contributed by atoms with van der Waals surface area (Å²) in [6.45, 7) is 6.22. The Morgan fingerprint density at radius 2 is 2.25 bits per heavy atom. The molecule has 0 saturated heterocycles. The zero-order valence-electron chi connectivity index (χ0n) is 11.9. The van der Waals surface area contributed by atoms with Gasteiger partial charge in [-0.2, -0.15) is 0 Å². The van der Waals surface area contributed by atoms with Gasteiger partial charge >= 0.3 is 0 Å². The lowest BCUT2D eigenvalue weighted by atomic mass is 9.68. The van der Waals surface area contributed by atoms with Crippen LogP contribution in [-0.4, -0.2) is 17.1 Å². The molecule has 0 radical (unpaired) electrons. The van der Waals surface area contributed by atoms with Crippen molar-refractivity contribution >= 4 is 17.2 Å². The highest BCUT2D eigenvalue weighted by Gasteiger charge is 2.37. The van der Waals surface area contributed by atoms with Crippen LogP contribution in [0.2, 0.25) is 0 Å². The third-order valence-corrected chi connectivity index (χ3v) is 4.65. The third kappa shape index (κ3) is 2.38. The molecule has 2 aromatic heterocycles. The Morgan fingerprint density at radius 1 is 1.50 bits per heavy atom. The standard InChI is InChI=1S/C15H18N2O2S/c1-9-12(13(17-19-9)11-5-4-6-20-11)14(18)16-10-7-15(2,3)8-10/h4-6,10H,7-8H2,1-3H3,(H,16,18). The zero-order chi connectivity index (χ0) is 14.3. The topological polar surface area (TPSA) is 55.1 Å². The number of aryl methyl sites for hydroxylation is 1. The summed E-state index contributed by atoms with van der Waals surface area (Å²) in [5, 5.41) is 9.08. The van der Waals surface area contributed by atoms with Crippen molar-refractivity contribution in [3.63, 3.8) is 0 Å². The maximum absolute atomic E-state index is 12.5. The minimum atomic E-state index is -0.0762. The number of thiophene rings is 1. The molecule has 1 fully saturated rings. The second-order valence-electron chi connectivity index (χ2n) is 6.18. The van der Waals surface area contributed by atoms with Crippen molar-refractivity contribution in [3.8, 4) is 10.6 Å². The predicted octanol–water partition coefficient (Wildman–Crippen LogP) is 3.63. The van der Waals surface area contributed by atoms with E-state index >= 15 is 0 Å². The lowest BCUT2D eigenvalue weighted by Crippen LogP contribution is -2.48. The number of carbonyl (C=O) groups excluding carboxylic acids is 1. The van der Waals surface area contributed by atoms with E-state index in [4.69, 9.17) is 4.52 Å². The maximum Gasteiger partial charge on any atom is 0.257 e. The minimum absolute atomic E-state index is 0.0762. The molecule has 1 saturated carbocycles. The molecule has 0 spiro atoms. The number of rotatable bonds is 3. The molecule has 3 rings (SSSR count). The van der Waals surface area contributed by atoms with Crippen LogP contribution in [0.25, 0.3) is 10.6 Å². The molecule has 1 aliphatic rings. The maximum atomic E-state index is 12.5. The molecule has 4 nitrogen and oxygen atoms in total. The number of nitrogens with one attached hydrogen (secondary N) is 1. The first-order chi connectivity index (χ1) is 9.46. The van der Waals surface area contributed by atoms with Crippen molar-refractivity contribution in [1.82, 2.24) is 10.5 Å². The highest BCUT2D eigenvalue weighted by molar-refractivity contribution is 7.13. The molecule has 0 unspecified atom stereocenters. The second kappa shape index (κ2) is 4.74. The van der Waals surface area contributed by atoms with E-state index < -0.39 is 0 Å². The van der Waals surface area contributed by atoms with Crippen LogP contribution < -0.4 is 5.32 Å². The van der Waals surface area contributed by atoms with Gasteiger partial charge in [-0.05, 0) is 36.6 Å². The number of amides is 1. The average Bonchev–Trinajstić information content (AvgIpc) is 2.94. The van der Waals surface area contributed by atoms with Crippen LogP contribution in [0.4, 0.5) is 0 Å². The second-order valence-corrected chi connectivity index (χ2v) is 7.13. The Kier molecular flexibility index (Phi) is 3.17. The van der Waals surface area contributed by atoms with Crippen molar-refractivity contribution in [1.29, 1.82) is 0 Å². The summed E-state index contributed by atoms with van der Waals surface area (Å²) in [7, 11) is 0. The van der Waals surface area contributed by atoms with Crippen molar-refractivity contribution in [3.05, 3.63) is 28.8 Å². The van der Waals surface area contributed by atoms with Crippen LogP contribution >= 0.6 is 11.3 Å². The fraction of sp³-hybridized carbons (Fsp3) is 0.467. The normalized spacial score (nSPS) is 17.8. The Bertz CT molecular complexity index is 620. The highest BCUT2D eigenvalue weighted by atomic mass is 32.1. The Labute approximate surface area is 122 Å². The van der Waals surface area contributed by atoms with Gasteiger partial charge in [0.1, 0.15) is 17.0 Å². The van der Waals surface area contributed by atoms with Crippen molar-refractivity contribution < 1.29 is 9.32 Å². The minimum Gasteiger partial charge on any atom is -0.360 e. The first-order valence-electron chi connectivity index (χ1n) is 6.77. The van der Waals surface area contributed by atoms with Gasteiger partial charge in [-0.25, -0.2) is 0 Å². The molecule has 106 valence electrons. The molecular weight excluding hydrogens is 272 g/mol. The molecule has 0 aromatic carbocycles. The van der Waals surface area contributed by atoms with Crippen molar-refractivity contribution in [2.75, 3.05) is 0 Å². The molecule has 0 bridgehead atoms. The quantitative estimate of drug-likeness (QED) is 0.939. The summed E-state index contributed by atoms with van der Waals surface area (Å²) in [5.41, 5.74) is 1.56. The largest absolute Gasteiger partial charge is 0.360 e. The molecule has 1 aliphatic carbocycles. The Hall–Kier alpha value is -1.62. The Morgan fingerprint density at radius 3 is 2.85 bits per heavy atom. The summed E-state index contributed by atoms with van der Waals surface area (Å²) in [4.78, 5) is 13.4. The molecule has 0 aliphatic heterocycles. The number of aromatic nitrogens is 1. The van der Waals surface area contributed by atoms with Gasteiger partial charge in [0, 0.05) is 6.04 Å². The Balaban J connectivity index is 1.80. The smallest absolute Gasteiger partial charge is 0.257 e. The zero-order valence-corrected chi connectivity index (χ0v) is 12.7. The van der Waals surface area contributed by atoms with Gasteiger partial charge in [0.25, 0.3) is 5.91 Å². The number of hydrogen-bond acceptors (Lipinski definition) is 4. The molecule has 0 atom stereocenters. The van der Waals surface area contributed by atoms with Gasteiger partial charge in [0.15, 0.2) is 0 Å². The first-order valence-corrected chi connectivity index (χ1v) is 7.65. The molecule has 1 N–H and O–H groups in total. The number of nitrogens with zero attached hydrogens (tertiary/aromatic N) is 1. The monoisotopic (exact) mass is 290 g/mol. The van der Waals surface area contributed by atoms with Crippen LogP contribution in [0.5, 0.6) is 0 Å². The van der Waals surface area contributed by atoms with Gasteiger partial charge in [0.2, 0.25) is 0 Å². The van der Waals surface area contributed by atoms with E-state index in [0.717, 1.165) is 17.7 Å². The van der Waals surface area contributed by atoms with Gasteiger partial charge < -0.3 is 9.84 Å². The van der Waals surface area contributed by atoms with E-state index in [1.807, 2.05) is 17.5 Å². The van der Waals surface area contributed by atoms with Gasteiger partial charge in [-0.15, -0.1) is 11.3 Å². The van der Waals surface area contributed by atoms with E-state index in [9.17, 15) is 4.79 Å². The molecule has 1 amide bonds. The summed E-state index contributed by atoms with van der Waals surface area (Å²) >= 11 is 1.56. The highest BCUT2D eigenvalue weighted by Crippen LogP contribution is 2.40. The predicted molar refractivity (Wildman–Crippen MR) is 78.8 cm³/mol. The van der Waals surface area contributed by atoms with Crippen LogP contribution in [0, 0.1) is 12.3 Å². The van der Waals surface area contributed by atoms with E-state index in [1.165, 1.54) is 0 Å². The lowest BCUT2D eigenvalue weighted by molar-refractivity contribution is 0.0802. The van der Waals surface area contributed by atoms with Crippen LogP contribution in [-0.2, 0) is 0 Å². The SMILES string of the molecule is Cc1onc(-c2cccs2)c1C(=O)NC1CC(C)(C)C1. The number of hydrogen-bond donors (Lipinski definition) is 1. The van der Waals surface area contributed by atoms with E-state index in [0.29, 0.717) is 22.4 Å². The van der Waals surface area contributed by atoms with Gasteiger partial charge in [-0.1, -0.05) is 25.1 Å². The van der Waals surface area contributed by atoms with Crippen molar-refractivity contribution in [2.45, 2.75) is 39.7 Å². The summed E-state index contributed by atoms with van der Waals surface area (Å²) < 4.78 is 5.21. The van der Waals surface area contributed by atoms with Crippen LogP contribution in [0.15, 0.2) is 22.0 Å². The van der Waals surface area contributed by atoms with E-state index in [2.05, 4.69) is 24.3 Å². The van der Waals surface area contributed by atoms with E-state index in [1.54, 1.807) is 18.3 Å². The summed E-state index contributed by atoms with van der Waals surface area (Å²) in [5.74, 6) is 0.497. The van der Waals surface area contributed by atoms with Crippen molar-refractivity contribution in [2.24, 2.45) is 5.41 Å². The molecule has 2 heterocycles. The van der Waals surface area contributed by atoms with Gasteiger partial charge in [-0.3, -0.25) is 4.79 Å². The molecule has 5 heteroatoms. The number of carbonyl (C=O) groups is 1. The molecule has 20 heavy (non-hydrogen) atoms. The average molecular weight is 290 g/mol. The summed E-state index contributed by atoms with van der Waals surface area (Å²) in [6, 6.07) is 4.16. The third-order valence-electron chi connectivity index (χ3n) is 3.78. The molecular formula is C15H18N2O2S. The molecule has 2 aromatic rings. The lowest BCUT2D eigenvalue weighted by Gasteiger charge is -2.42.